The second kappa shape index (κ2) is 7.86. The smallest absolute Gasteiger partial charge is 0.319 e. The Morgan fingerprint density at radius 3 is 2.97 bits per heavy atom. The zero-order valence-electron chi connectivity index (χ0n) is 17.7. The van der Waals surface area contributed by atoms with Gasteiger partial charge in [-0.1, -0.05) is 24.0 Å². The van der Waals surface area contributed by atoms with Crippen LogP contribution in [0.2, 0.25) is 0 Å². The normalized spacial score (nSPS) is 26.8. The fraction of sp³-hybridized carbons (Fsp3) is 0.409. The Morgan fingerprint density at radius 2 is 2.19 bits per heavy atom. The van der Waals surface area contributed by atoms with Crippen molar-refractivity contribution in [2.45, 2.75) is 43.9 Å². The number of piperidine rings is 1. The van der Waals surface area contributed by atoms with Crippen LogP contribution in [0.25, 0.3) is 27.5 Å². The molecule has 32 heavy (non-hydrogen) atoms. The second-order valence-electron chi connectivity index (χ2n) is 8.57. The lowest BCUT2D eigenvalue weighted by molar-refractivity contribution is 0.135. The number of methoxy groups -OCH3 is 1. The van der Waals surface area contributed by atoms with E-state index >= 15 is 4.39 Å². The predicted octanol–water partition coefficient (Wildman–Crippen LogP) is 3.65. The fourth-order valence-corrected chi connectivity index (χ4v) is 5.56. The molecule has 2 N–H and O–H groups in total. The highest BCUT2D eigenvalue weighted by Crippen LogP contribution is 2.46. The van der Waals surface area contributed by atoms with Crippen molar-refractivity contribution >= 4 is 16.9 Å². The van der Waals surface area contributed by atoms with E-state index in [1.165, 1.54) is 24.8 Å². The van der Waals surface area contributed by atoms with E-state index < -0.39 is 6.17 Å². The van der Waals surface area contributed by atoms with Gasteiger partial charge in [-0.3, -0.25) is 0 Å². The van der Waals surface area contributed by atoms with Gasteiger partial charge < -0.3 is 15.2 Å². The van der Waals surface area contributed by atoms with Crippen LogP contribution in [-0.4, -0.2) is 55.1 Å². The fourth-order valence-electron chi connectivity index (χ4n) is 4.65. The summed E-state index contributed by atoms with van der Waals surface area (Å²) in [5, 5.41) is 23.7. The standard InChI is InChI=1S/C22H23FN6O2S/c1-11(14-9-22(2)7-6-15(27-22)17(14)23)19-28-29-20(32-19)13-5-4-12(8-16(13)30)18-24-10-25-21(26-18)31-3/h4-5,8,10,14-15,17,27,30H,1,6-7,9H2,2-3H3/t14-,15-,17+,22+/m1/s1. The molecule has 8 nitrogen and oxygen atoms in total. The molecule has 1 aromatic carbocycles. The van der Waals surface area contributed by atoms with Gasteiger partial charge in [0, 0.05) is 23.1 Å². The van der Waals surface area contributed by atoms with E-state index in [1.807, 2.05) is 0 Å². The van der Waals surface area contributed by atoms with Crippen molar-refractivity contribution in [3.8, 4) is 33.7 Å². The number of phenolic OH excluding ortho intramolecular Hbond substituents is 1. The number of ether oxygens (including phenoxy) is 1. The highest BCUT2D eigenvalue weighted by atomic mass is 32.1. The molecule has 2 aliphatic heterocycles. The Bertz CT molecular complexity index is 1190. The molecular formula is C22H23FN6O2S. The third-order valence-corrected chi connectivity index (χ3v) is 7.38. The van der Waals surface area contributed by atoms with Crippen LogP contribution in [0.4, 0.5) is 4.39 Å². The van der Waals surface area contributed by atoms with Crippen molar-refractivity contribution in [3.05, 3.63) is 36.1 Å². The molecule has 4 heterocycles. The van der Waals surface area contributed by atoms with Crippen LogP contribution >= 0.6 is 11.3 Å². The van der Waals surface area contributed by atoms with Crippen LogP contribution in [0, 0.1) is 5.92 Å². The largest absolute Gasteiger partial charge is 0.507 e. The summed E-state index contributed by atoms with van der Waals surface area (Å²) < 4.78 is 20.1. The number of phenols is 1. The first-order valence-electron chi connectivity index (χ1n) is 10.4. The maximum atomic E-state index is 15.1. The number of halogens is 1. The topological polar surface area (TPSA) is 106 Å². The van der Waals surface area contributed by atoms with E-state index in [1.54, 1.807) is 18.2 Å². The van der Waals surface area contributed by atoms with E-state index in [4.69, 9.17) is 4.74 Å². The monoisotopic (exact) mass is 454 g/mol. The minimum Gasteiger partial charge on any atom is -0.507 e. The summed E-state index contributed by atoms with van der Waals surface area (Å²) in [4.78, 5) is 12.2. The number of benzene rings is 1. The molecule has 2 fully saturated rings. The third kappa shape index (κ3) is 3.63. The van der Waals surface area contributed by atoms with Gasteiger partial charge in [0.05, 0.1) is 12.7 Å². The van der Waals surface area contributed by atoms with Gasteiger partial charge in [-0.2, -0.15) is 9.97 Å². The van der Waals surface area contributed by atoms with Gasteiger partial charge in [0.25, 0.3) is 0 Å². The summed E-state index contributed by atoms with van der Waals surface area (Å²) in [5.74, 6) is 0.114. The SMILES string of the molecule is C=C(c1nnc(-c2ccc(-c3ncnc(OC)n3)cc2O)s1)[C@H]1C[C@]2(C)CC[C@@H](N2)[C@H]1F. The summed E-state index contributed by atoms with van der Waals surface area (Å²) in [6.45, 7) is 6.31. The number of allylic oxidation sites excluding steroid dienone is 1. The van der Waals surface area contributed by atoms with Crippen LogP contribution < -0.4 is 10.1 Å². The summed E-state index contributed by atoms with van der Waals surface area (Å²) in [5.41, 5.74) is 1.76. The average molecular weight is 455 g/mol. The number of aromatic nitrogens is 5. The first-order valence-corrected chi connectivity index (χ1v) is 11.2. The number of hydrogen-bond acceptors (Lipinski definition) is 9. The van der Waals surface area contributed by atoms with Gasteiger partial charge in [0.15, 0.2) is 10.8 Å². The highest BCUT2D eigenvalue weighted by Gasteiger charge is 2.49. The van der Waals surface area contributed by atoms with Crippen molar-refractivity contribution in [2.24, 2.45) is 5.92 Å². The zero-order chi connectivity index (χ0) is 22.5. The van der Waals surface area contributed by atoms with Gasteiger partial charge in [0.1, 0.15) is 23.3 Å². The average Bonchev–Trinajstić information content (AvgIpc) is 3.41. The van der Waals surface area contributed by atoms with Gasteiger partial charge in [-0.15, -0.1) is 10.2 Å². The lowest BCUT2D eigenvalue weighted by atomic mass is 9.80. The number of aromatic hydroxyl groups is 1. The molecule has 10 heteroatoms. The minimum absolute atomic E-state index is 0.0194. The lowest BCUT2D eigenvalue weighted by Gasteiger charge is -2.39. The number of nitrogens with zero attached hydrogens (tertiary/aromatic N) is 5. The molecule has 0 unspecified atom stereocenters. The van der Waals surface area contributed by atoms with Crippen molar-refractivity contribution in [1.29, 1.82) is 0 Å². The summed E-state index contributed by atoms with van der Waals surface area (Å²) in [6, 6.07) is 5.13. The molecule has 2 bridgehead atoms. The molecule has 2 aliphatic rings. The lowest BCUT2D eigenvalue weighted by Crippen LogP contribution is -2.53. The number of hydrogen-bond donors (Lipinski definition) is 2. The van der Waals surface area contributed by atoms with Crippen LogP contribution in [0.5, 0.6) is 11.8 Å². The Balaban J connectivity index is 1.39. The predicted molar refractivity (Wildman–Crippen MR) is 119 cm³/mol. The molecule has 166 valence electrons. The second-order valence-corrected chi connectivity index (χ2v) is 9.55. The number of nitrogens with one attached hydrogen (secondary N) is 1. The molecule has 0 radical (unpaired) electrons. The third-order valence-electron chi connectivity index (χ3n) is 6.35. The summed E-state index contributed by atoms with van der Waals surface area (Å²) in [7, 11) is 1.47. The number of alkyl halides is 1. The first kappa shape index (κ1) is 20.9. The molecule has 0 amide bonds. The van der Waals surface area contributed by atoms with E-state index in [2.05, 4.69) is 44.0 Å². The first-order chi connectivity index (χ1) is 15.4. The summed E-state index contributed by atoms with van der Waals surface area (Å²) >= 11 is 1.30. The van der Waals surface area contributed by atoms with Crippen LogP contribution in [-0.2, 0) is 0 Å². The Kier molecular flexibility index (Phi) is 5.13. The molecule has 3 aromatic rings. The molecule has 2 saturated heterocycles. The Hall–Kier alpha value is -2.98. The molecule has 0 aliphatic carbocycles. The maximum absolute atomic E-state index is 15.1. The molecule has 4 atom stereocenters. The molecule has 0 saturated carbocycles. The quantitative estimate of drug-likeness (QED) is 0.602. The van der Waals surface area contributed by atoms with Gasteiger partial charge >= 0.3 is 6.01 Å². The van der Waals surface area contributed by atoms with Crippen molar-refractivity contribution in [3.63, 3.8) is 0 Å². The molecule has 5 rings (SSSR count). The number of fused-ring (bicyclic) bond motifs is 2. The van der Waals surface area contributed by atoms with Gasteiger partial charge in [-0.25, -0.2) is 9.37 Å². The van der Waals surface area contributed by atoms with Crippen LogP contribution in [0.15, 0.2) is 31.1 Å². The Labute approximate surface area is 188 Å². The van der Waals surface area contributed by atoms with E-state index in [0.29, 0.717) is 39.0 Å². The maximum Gasteiger partial charge on any atom is 0.319 e. The minimum atomic E-state index is -0.990. The summed E-state index contributed by atoms with van der Waals surface area (Å²) in [6.07, 6.45) is 2.86. The van der Waals surface area contributed by atoms with Gasteiger partial charge in [0.2, 0.25) is 0 Å². The molecule has 0 spiro atoms. The Morgan fingerprint density at radius 1 is 1.34 bits per heavy atom. The molecule has 2 aromatic heterocycles. The van der Waals surface area contributed by atoms with E-state index in [0.717, 1.165) is 12.8 Å². The number of rotatable bonds is 5. The van der Waals surface area contributed by atoms with Gasteiger partial charge in [-0.05, 0) is 43.9 Å². The molecular weight excluding hydrogens is 431 g/mol. The van der Waals surface area contributed by atoms with Crippen molar-refractivity contribution in [1.82, 2.24) is 30.5 Å². The highest BCUT2D eigenvalue weighted by molar-refractivity contribution is 7.15. The zero-order valence-corrected chi connectivity index (χ0v) is 18.6. The van der Waals surface area contributed by atoms with E-state index in [-0.39, 0.29) is 29.3 Å². The van der Waals surface area contributed by atoms with Crippen LogP contribution in [0.3, 0.4) is 0 Å². The van der Waals surface area contributed by atoms with E-state index in [9.17, 15) is 5.11 Å². The van der Waals surface area contributed by atoms with Crippen molar-refractivity contribution < 1.29 is 14.2 Å². The van der Waals surface area contributed by atoms with Crippen molar-refractivity contribution in [2.75, 3.05) is 7.11 Å². The van der Waals surface area contributed by atoms with Crippen LogP contribution in [0.1, 0.15) is 31.2 Å².